The Morgan fingerprint density at radius 1 is 1.71 bits per heavy atom. The van der Waals surface area contributed by atoms with Gasteiger partial charge in [0.2, 0.25) is 0 Å². The van der Waals surface area contributed by atoms with Crippen LogP contribution in [0, 0.1) is 0 Å². The van der Waals surface area contributed by atoms with Crippen LogP contribution >= 0.6 is 0 Å². The van der Waals surface area contributed by atoms with E-state index >= 15 is 0 Å². The molecule has 0 aromatic carbocycles. The zero-order chi connectivity index (χ0) is 10.6. The van der Waals surface area contributed by atoms with Gasteiger partial charge in [0.15, 0.2) is 0 Å². The Kier molecular flexibility index (Phi) is 3.41. The van der Waals surface area contributed by atoms with E-state index in [0.717, 1.165) is 11.4 Å². The number of hydrogen-bond acceptors (Lipinski definition) is 4. The van der Waals surface area contributed by atoms with E-state index in [-0.39, 0.29) is 0 Å². The normalized spacial score (nSPS) is 12.1. The van der Waals surface area contributed by atoms with Crippen molar-refractivity contribution in [1.29, 1.82) is 0 Å². The van der Waals surface area contributed by atoms with Crippen molar-refractivity contribution in [3.63, 3.8) is 0 Å². The van der Waals surface area contributed by atoms with Crippen LogP contribution in [0.4, 0.5) is 5.82 Å². The van der Waals surface area contributed by atoms with E-state index < -0.39 is 12.0 Å². The fourth-order valence-corrected chi connectivity index (χ4v) is 1.03. The van der Waals surface area contributed by atoms with Gasteiger partial charge in [-0.2, -0.15) is 0 Å². The number of hydrogen-bond donors (Lipinski definition) is 3. The molecule has 1 rings (SSSR count). The molecule has 0 saturated heterocycles. The molecular weight excluding hydrogens is 182 g/mol. The summed E-state index contributed by atoms with van der Waals surface area (Å²) in [6.45, 7) is 0. The quantitative estimate of drug-likeness (QED) is 0.633. The minimum atomic E-state index is -0.998. The van der Waals surface area contributed by atoms with Gasteiger partial charge in [-0.25, -0.2) is 4.98 Å². The monoisotopic (exact) mass is 195 g/mol. The fourth-order valence-electron chi connectivity index (χ4n) is 1.03. The fraction of sp³-hybridized carbons (Fsp3) is 0.333. The van der Waals surface area contributed by atoms with Crippen molar-refractivity contribution in [3.05, 3.63) is 23.9 Å². The van der Waals surface area contributed by atoms with Crippen molar-refractivity contribution in [2.45, 2.75) is 12.5 Å². The first-order valence-electron chi connectivity index (χ1n) is 4.24. The van der Waals surface area contributed by atoms with E-state index in [1.807, 2.05) is 6.07 Å². The molecule has 1 atom stereocenters. The molecule has 0 bridgehead atoms. The molecule has 0 aliphatic carbocycles. The van der Waals surface area contributed by atoms with Gasteiger partial charge in [-0.3, -0.25) is 4.79 Å². The maximum absolute atomic E-state index is 10.5. The predicted molar refractivity (Wildman–Crippen MR) is 53.1 cm³/mol. The average molecular weight is 195 g/mol. The number of nitrogens with one attached hydrogen (secondary N) is 1. The van der Waals surface area contributed by atoms with Gasteiger partial charge in [0, 0.05) is 13.2 Å². The molecule has 0 fully saturated rings. The number of pyridine rings is 1. The summed E-state index contributed by atoms with van der Waals surface area (Å²) >= 11 is 0. The minimum absolute atomic E-state index is 0.298. The highest BCUT2D eigenvalue weighted by molar-refractivity contribution is 5.73. The van der Waals surface area contributed by atoms with E-state index in [0.29, 0.717) is 6.42 Å². The number of carbonyl (C=O) groups is 1. The molecule has 4 N–H and O–H groups in total. The minimum Gasteiger partial charge on any atom is -0.480 e. The Morgan fingerprint density at radius 3 is 2.86 bits per heavy atom. The summed E-state index contributed by atoms with van der Waals surface area (Å²) in [5.41, 5.74) is 6.19. The zero-order valence-corrected chi connectivity index (χ0v) is 7.90. The topological polar surface area (TPSA) is 88.2 Å². The molecule has 5 heteroatoms. The molecule has 0 radical (unpaired) electrons. The maximum Gasteiger partial charge on any atom is 0.320 e. The van der Waals surface area contributed by atoms with Crippen LogP contribution in [0.15, 0.2) is 18.3 Å². The van der Waals surface area contributed by atoms with Crippen molar-refractivity contribution in [2.24, 2.45) is 5.73 Å². The van der Waals surface area contributed by atoms with Crippen LogP contribution < -0.4 is 11.1 Å². The molecule has 1 aromatic rings. The van der Waals surface area contributed by atoms with Crippen LogP contribution in [0.3, 0.4) is 0 Å². The SMILES string of the molecule is CNc1ccc(CC(N)C(=O)O)cn1. The summed E-state index contributed by atoms with van der Waals surface area (Å²) in [6, 6.07) is 2.73. The third-order valence-corrected chi connectivity index (χ3v) is 1.85. The van der Waals surface area contributed by atoms with Crippen molar-refractivity contribution in [1.82, 2.24) is 4.98 Å². The van der Waals surface area contributed by atoms with Crippen LogP contribution in [0.25, 0.3) is 0 Å². The molecule has 1 heterocycles. The van der Waals surface area contributed by atoms with Gasteiger partial charge in [-0.15, -0.1) is 0 Å². The summed E-state index contributed by atoms with van der Waals surface area (Å²) < 4.78 is 0. The first kappa shape index (κ1) is 10.5. The van der Waals surface area contributed by atoms with Gasteiger partial charge in [0.05, 0.1) is 0 Å². The summed E-state index contributed by atoms with van der Waals surface area (Å²) in [6.07, 6.45) is 1.92. The van der Waals surface area contributed by atoms with Crippen molar-refractivity contribution in [2.75, 3.05) is 12.4 Å². The predicted octanol–water partition coefficient (Wildman–Crippen LogP) is 0.0777. The summed E-state index contributed by atoms with van der Waals surface area (Å²) in [4.78, 5) is 14.5. The highest BCUT2D eigenvalue weighted by Crippen LogP contribution is 2.05. The Morgan fingerprint density at radius 2 is 2.43 bits per heavy atom. The molecule has 76 valence electrons. The lowest BCUT2D eigenvalue weighted by atomic mass is 10.1. The Bertz CT molecular complexity index is 310. The maximum atomic E-state index is 10.5. The standard InChI is InChI=1S/C9H13N3O2/c1-11-8-3-2-6(5-12-8)4-7(10)9(13)14/h2-3,5,7H,4,10H2,1H3,(H,11,12)(H,13,14). The molecule has 0 spiro atoms. The third-order valence-electron chi connectivity index (χ3n) is 1.85. The van der Waals surface area contributed by atoms with Crippen LogP contribution in [0.1, 0.15) is 5.56 Å². The number of aromatic nitrogens is 1. The highest BCUT2D eigenvalue weighted by atomic mass is 16.4. The molecule has 5 nitrogen and oxygen atoms in total. The number of rotatable bonds is 4. The lowest BCUT2D eigenvalue weighted by molar-refractivity contribution is -0.138. The smallest absolute Gasteiger partial charge is 0.320 e. The molecule has 1 unspecified atom stereocenters. The van der Waals surface area contributed by atoms with Gasteiger partial charge in [-0.1, -0.05) is 6.07 Å². The van der Waals surface area contributed by atoms with Crippen molar-refractivity contribution >= 4 is 11.8 Å². The number of nitrogens with two attached hydrogens (primary N) is 1. The van der Waals surface area contributed by atoms with Crippen LogP contribution in [-0.4, -0.2) is 29.1 Å². The summed E-state index contributed by atoms with van der Waals surface area (Å²) in [5, 5.41) is 11.5. The van der Waals surface area contributed by atoms with Gasteiger partial charge in [0.1, 0.15) is 11.9 Å². The summed E-state index contributed by atoms with van der Waals surface area (Å²) in [7, 11) is 1.77. The second-order valence-electron chi connectivity index (χ2n) is 2.95. The number of anilines is 1. The van der Waals surface area contributed by atoms with E-state index in [1.54, 1.807) is 19.3 Å². The second kappa shape index (κ2) is 4.57. The second-order valence-corrected chi connectivity index (χ2v) is 2.95. The lowest BCUT2D eigenvalue weighted by Gasteiger charge is -2.06. The molecule has 1 aromatic heterocycles. The Labute approximate surface area is 82.0 Å². The van der Waals surface area contributed by atoms with E-state index in [1.165, 1.54) is 0 Å². The van der Waals surface area contributed by atoms with Crippen molar-refractivity contribution in [3.8, 4) is 0 Å². The van der Waals surface area contributed by atoms with Gasteiger partial charge in [-0.05, 0) is 18.1 Å². The number of nitrogens with zero attached hydrogens (tertiary/aromatic N) is 1. The molecular formula is C9H13N3O2. The molecule has 0 aliphatic heterocycles. The van der Waals surface area contributed by atoms with Gasteiger partial charge >= 0.3 is 5.97 Å². The highest BCUT2D eigenvalue weighted by Gasteiger charge is 2.11. The molecule has 14 heavy (non-hydrogen) atoms. The third kappa shape index (κ3) is 2.70. The Hall–Kier alpha value is -1.62. The van der Waals surface area contributed by atoms with Crippen LogP contribution in [-0.2, 0) is 11.2 Å². The van der Waals surface area contributed by atoms with E-state index in [2.05, 4.69) is 10.3 Å². The van der Waals surface area contributed by atoms with Crippen molar-refractivity contribution < 1.29 is 9.90 Å². The number of carboxylic acids is 1. The summed E-state index contributed by atoms with van der Waals surface area (Å²) in [5.74, 6) is -0.250. The number of carboxylic acid groups (broad SMARTS) is 1. The average Bonchev–Trinajstić information content (AvgIpc) is 2.19. The van der Waals surface area contributed by atoms with Gasteiger partial charge in [0.25, 0.3) is 0 Å². The molecule has 0 saturated carbocycles. The van der Waals surface area contributed by atoms with Gasteiger partial charge < -0.3 is 16.2 Å². The van der Waals surface area contributed by atoms with Crippen LogP contribution in [0.2, 0.25) is 0 Å². The molecule has 0 amide bonds. The van der Waals surface area contributed by atoms with E-state index in [9.17, 15) is 4.79 Å². The first-order chi connectivity index (χ1) is 6.63. The number of aliphatic carboxylic acids is 1. The largest absolute Gasteiger partial charge is 0.480 e. The Balaban J connectivity index is 2.64. The lowest BCUT2D eigenvalue weighted by Crippen LogP contribution is -2.32. The molecule has 0 aliphatic rings. The first-order valence-corrected chi connectivity index (χ1v) is 4.24. The zero-order valence-electron chi connectivity index (χ0n) is 7.90. The van der Waals surface area contributed by atoms with Crippen LogP contribution in [0.5, 0.6) is 0 Å². The van der Waals surface area contributed by atoms with E-state index in [4.69, 9.17) is 10.8 Å².